The van der Waals surface area contributed by atoms with E-state index in [9.17, 15) is 0 Å². The van der Waals surface area contributed by atoms with Gasteiger partial charge in [0.2, 0.25) is 0 Å². The Balaban J connectivity index is 1.48. The minimum atomic E-state index is -0.0674. The minimum Gasteiger partial charge on any atom is -0.478 e. The average molecular weight is 391 g/mol. The van der Waals surface area contributed by atoms with Gasteiger partial charge in [-0.3, -0.25) is 0 Å². The van der Waals surface area contributed by atoms with Crippen molar-refractivity contribution < 1.29 is 4.74 Å². The fraction of sp³-hybridized carbons (Fsp3) is 0.375. The van der Waals surface area contributed by atoms with E-state index in [1.165, 1.54) is 33.5 Å². The summed E-state index contributed by atoms with van der Waals surface area (Å²) in [4.78, 5) is 4.78. The molecule has 2 aromatic carbocycles. The molecule has 0 fully saturated rings. The predicted molar refractivity (Wildman–Crippen MR) is 118 cm³/mol. The Hall–Kier alpha value is -2.20. The molecule has 5 rings (SSSR count). The third-order valence-corrected chi connectivity index (χ3v) is 7.05. The zero-order valence-electron chi connectivity index (χ0n) is 16.5. The molecule has 0 radical (unpaired) electrons. The van der Waals surface area contributed by atoms with Crippen molar-refractivity contribution in [3.63, 3.8) is 0 Å². The Bertz CT molecular complexity index is 1040. The first-order valence-corrected chi connectivity index (χ1v) is 11.0. The molecule has 2 aliphatic heterocycles. The molecule has 144 valence electrons. The van der Waals surface area contributed by atoms with Gasteiger partial charge in [0, 0.05) is 29.1 Å². The lowest BCUT2D eigenvalue weighted by Crippen LogP contribution is -2.17. The van der Waals surface area contributed by atoms with E-state index in [0.717, 1.165) is 25.3 Å². The van der Waals surface area contributed by atoms with E-state index >= 15 is 0 Å². The van der Waals surface area contributed by atoms with Crippen molar-refractivity contribution in [2.75, 3.05) is 6.61 Å². The first-order valence-electron chi connectivity index (χ1n) is 10.1. The van der Waals surface area contributed by atoms with Crippen molar-refractivity contribution in [1.82, 2.24) is 4.57 Å². The van der Waals surface area contributed by atoms with E-state index in [4.69, 9.17) is 9.73 Å². The second-order valence-electron chi connectivity index (χ2n) is 8.46. The predicted octanol–water partition coefficient (Wildman–Crippen LogP) is 5.69. The summed E-state index contributed by atoms with van der Waals surface area (Å²) in [6.45, 7) is 5.91. The maximum Gasteiger partial charge on any atom is 0.185 e. The Kier molecular flexibility index (Phi) is 4.47. The van der Waals surface area contributed by atoms with Gasteiger partial charge in [0.1, 0.15) is 6.61 Å². The molecule has 0 saturated heterocycles. The van der Waals surface area contributed by atoms with Gasteiger partial charge in [-0.15, -0.1) is 11.8 Å². The lowest BCUT2D eigenvalue weighted by atomic mass is 10.0. The van der Waals surface area contributed by atoms with Gasteiger partial charge in [0.15, 0.2) is 5.90 Å². The van der Waals surface area contributed by atoms with E-state index < -0.39 is 0 Å². The second-order valence-corrected chi connectivity index (χ2v) is 9.75. The fourth-order valence-corrected chi connectivity index (χ4v) is 5.70. The van der Waals surface area contributed by atoms with E-state index in [1.807, 2.05) is 11.8 Å². The standard InChI is InChI=1S/C24H26N2OS/c1-24(2)16-27-22(25-24)14-18-12-13-20-19-10-6-7-11-21(19)26(23(20)28-18)15-17-8-4-3-5-9-17/h3-11,18H,12-16H2,1-2H3. The Morgan fingerprint density at radius 1 is 1.11 bits per heavy atom. The number of hydrogen-bond donors (Lipinski definition) is 0. The van der Waals surface area contributed by atoms with Crippen LogP contribution in [0.3, 0.4) is 0 Å². The first kappa shape index (κ1) is 17.9. The van der Waals surface area contributed by atoms with Gasteiger partial charge in [0.05, 0.1) is 10.6 Å². The molecule has 0 aliphatic carbocycles. The lowest BCUT2D eigenvalue weighted by Gasteiger charge is -2.23. The van der Waals surface area contributed by atoms with Crippen LogP contribution < -0.4 is 0 Å². The Morgan fingerprint density at radius 2 is 1.89 bits per heavy atom. The number of benzene rings is 2. The molecule has 3 nitrogen and oxygen atoms in total. The molecule has 1 atom stereocenters. The number of ether oxygens (including phenoxy) is 1. The number of fused-ring (bicyclic) bond motifs is 3. The largest absolute Gasteiger partial charge is 0.478 e. The third kappa shape index (κ3) is 3.35. The van der Waals surface area contributed by atoms with Gasteiger partial charge in [-0.25, -0.2) is 4.99 Å². The summed E-state index contributed by atoms with van der Waals surface area (Å²) < 4.78 is 8.39. The highest BCUT2D eigenvalue weighted by Crippen LogP contribution is 2.43. The highest BCUT2D eigenvalue weighted by molar-refractivity contribution is 8.00. The maximum absolute atomic E-state index is 5.87. The van der Waals surface area contributed by atoms with Gasteiger partial charge < -0.3 is 9.30 Å². The summed E-state index contributed by atoms with van der Waals surface area (Å²) in [7, 11) is 0. The second kappa shape index (κ2) is 7.00. The van der Waals surface area contributed by atoms with Crippen molar-refractivity contribution in [1.29, 1.82) is 0 Å². The summed E-state index contributed by atoms with van der Waals surface area (Å²) >= 11 is 2.02. The lowest BCUT2D eigenvalue weighted by molar-refractivity contribution is 0.273. The summed E-state index contributed by atoms with van der Waals surface area (Å²) in [6, 6.07) is 19.6. The number of hydrogen-bond acceptors (Lipinski definition) is 3. The monoisotopic (exact) mass is 390 g/mol. The summed E-state index contributed by atoms with van der Waals surface area (Å²) in [5.41, 5.74) is 4.14. The molecule has 4 heteroatoms. The van der Waals surface area contributed by atoms with Crippen molar-refractivity contribution in [2.24, 2.45) is 4.99 Å². The number of thioether (sulfide) groups is 1. The number of aromatic nitrogens is 1. The highest BCUT2D eigenvalue weighted by Gasteiger charge is 2.31. The molecule has 1 unspecified atom stereocenters. The maximum atomic E-state index is 5.87. The van der Waals surface area contributed by atoms with E-state index in [-0.39, 0.29) is 5.54 Å². The molecular formula is C24H26N2OS. The summed E-state index contributed by atoms with van der Waals surface area (Å²) in [5.74, 6) is 0.941. The zero-order valence-corrected chi connectivity index (χ0v) is 17.3. The molecule has 0 N–H and O–H groups in total. The Labute approximate surface area is 170 Å². The van der Waals surface area contributed by atoms with Crippen molar-refractivity contribution in [3.8, 4) is 0 Å². The van der Waals surface area contributed by atoms with E-state index in [2.05, 4.69) is 73.0 Å². The summed E-state index contributed by atoms with van der Waals surface area (Å²) in [5, 5.41) is 3.37. The van der Waals surface area contributed by atoms with Gasteiger partial charge in [-0.2, -0.15) is 0 Å². The Morgan fingerprint density at radius 3 is 2.68 bits per heavy atom. The fourth-order valence-electron chi connectivity index (χ4n) is 4.28. The number of aryl methyl sites for hydroxylation is 1. The molecule has 0 amide bonds. The van der Waals surface area contributed by atoms with Crippen LogP contribution in [0.5, 0.6) is 0 Å². The molecule has 28 heavy (non-hydrogen) atoms. The van der Waals surface area contributed by atoms with Gasteiger partial charge in [-0.1, -0.05) is 48.5 Å². The van der Waals surface area contributed by atoms with Gasteiger partial charge in [0.25, 0.3) is 0 Å². The van der Waals surface area contributed by atoms with Crippen LogP contribution in [0, 0.1) is 0 Å². The van der Waals surface area contributed by atoms with Crippen LogP contribution in [-0.2, 0) is 17.7 Å². The molecule has 0 spiro atoms. The number of nitrogens with zero attached hydrogens (tertiary/aromatic N) is 2. The molecule has 1 aromatic heterocycles. The van der Waals surface area contributed by atoms with Crippen molar-refractivity contribution in [2.45, 2.75) is 55.5 Å². The van der Waals surface area contributed by atoms with Crippen LogP contribution in [-0.4, -0.2) is 27.9 Å². The molecule has 0 saturated carbocycles. The van der Waals surface area contributed by atoms with Crippen LogP contribution in [0.15, 0.2) is 64.6 Å². The number of rotatable bonds is 4. The van der Waals surface area contributed by atoms with E-state index in [0.29, 0.717) is 11.9 Å². The molecule has 2 aliphatic rings. The smallest absolute Gasteiger partial charge is 0.185 e. The average Bonchev–Trinajstić information content (AvgIpc) is 3.20. The highest BCUT2D eigenvalue weighted by atomic mass is 32.2. The first-order chi connectivity index (χ1) is 13.6. The van der Waals surface area contributed by atoms with Gasteiger partial charge in [-0.05, 0) is 43.9 Å². The van der Waals surface area contributed by atoms with Crippen LogP contribution in [0.2, 0.25) is 0 Å². The van der Waals surface area contributed by atoms with Crippen LogP contribution in [0.1, 0.15) is 37.8 Å². The van der Waals surface area contributed by atoms with E-state index in [1.54, 1.807) is 0 Å². The quantitative estimate of drug-likeness (QED) is 0.572. The minimum absolute atomic E-state index is 0.0674. The zero-order chi connectivity index (χ0) is 19.1. The van der Waals surface area contributed by atoms with Crippen LogP contribution in [0.25, 0.3) is 10.9 Å². The topological polar surface area (TPSA) is 26.5 Å². The third-order valence-electron chi connectivity index (χ3n) is 5.62. The van der Waals surface area contributed by atoms with Crippen molar-refractivity contribution in [3.05, 3.63) is 65.7 Å². The van der Waals surface area contributed by atoms with Crippen LogP contribution >= 0.6 is 11.8 Å². The normalized spacial score (nSPS) is 20.6. The number of para-hydroxylation sites is 1. The van der Waals surface area contributed by atoms with Gasteiger partial charge >= 0.3 is 0 Å². The number of aliphatic imine (C=N–C) groups is 1. The molecule has 0 bridgehead atoms. The van der Waals surface area contributed by atoms with Crippen LogP contribution in [0.4, 0.5) is 0 Å². The molecular weight excluding hydrogens is 364 g/mol. The molecule has 3 aromatic rings. The van der Waals surface area contributed by atoms with Crippen molar-refractivity contribution >= 4 is 28.6 Å². The summed E-state index contributed by atoms with van der Waals surface area (Å²) in [6.07, 6.45) is 3.24. The SMILES string of the molecule is CC1(C)COC(CC2CCc3c(n(Cc4ccccc4)c4ccccc34)S2)=N1. The molecule has 3 heterocycles.